The van der Waals surface area contributed by atoms with E-state index in [9.17, 15) is 20.1 Å². The number of hydrogen-bond donors (Lipinski definition) is 3. The standard InChI is InChI=1S/C23H21ClO4S/c24-19-7-5-16(6-8-19)15-1-3-17(4-2-15)22(26)13-18(23(27)28)14-29-21-11-9-20(25)10-12-21/h1-12,18,22,25-26H,13-14H2,(H,27,28)/t18-,22-/m1/s1. The number of carboxylic acids is 1. The van der Waals surface area contributed by atoms with Crippen molar-refractivity contribution >= 4 is 29.3 Å². The molecule has 3 rings (SSSR count). The van der Waals surface area contributed by atoms with Crippen LogP contribution in [0.2, 0.25) is 5.02 Å². The van der Waals surface area contributed by atoms with Gasteiger partial charge in [0, 0.05) is 15.7 Å². The number of aliphatic carboxylic acids is 1. The molecule has 3 aromatic carbocycles. The molecule has 0 saturated heterocycles. The first-order chi connectivity index (χ1) is 13.9. The number of hydrogen-bond acceptors (Lipinski definition) is 4. The molecule has 0 unspecified atom stereocenters. The van der Waals surface area contributed by atoms with Gasteiger partial charge >= 0.3 is 5.97 Å². The third kappa shape index (κ3) is 6.00. The predicted molar refractivity (Wildman–Crippen MR) is 116 cm³/mol. The van der Waals surface area contributed by atoms with Crippen LogP contribution in [0.3, 0.4) is 0 Å². The maximum atomic E-state index is 11.6. The van der Waals surface area contributed by atoms with Crippen LogP contribution >= 0.6 is 23.4 Å². The molecule has 0 heterocycles. The highest BCUT2D eigenvalue weighted by Crippen LogP contribution is 2.29. The van der Waals surface area contributed by atoms with Gasteiger partial charge in [-0.15, -0.1) is 11.8 Å². The second kappa shape index (κ2) is 9.83. The molecule has 150 valence electrons. The lowest BCUT2D eigenvalue weighted by molar-refractivity contribution is -0.142. The van der Waals surface area contributed by atoms with Crippen molar-refractivity contribution in [3.63, 3.8) is 0 Å². The summed E-state index contributed by atoms with van der Waals surface area (Å²) in [5, 5.41) is 30.1. The molecule has 0 aliphatic carbocycles. The Morgan fingerprint density at radius 2 is 1.45 bits per heavy atom. The number of carbonyl (C=O) groups is 1. The Bertz CT molecular complexity index is 940. The van der Waals surface area contributed by atoms with Crippen molar-refractivity contribution in [3.05, 3.63) is 83.4 Å². The Morgan fingerprint density at radius 1 is 0.897 bits per heavy atom. The first kappa shape index (κ1) is 21.2. The summed E-state index contributed by atoms with van der Waals surface area (Å²) < 4.78 is 0. The molecular formula is C23H21ClO4S. The SMILES string of the molecule is O=C(O)[C@@H](CSc1ccc(O)cc1)C[C@@H](O)c1ccc(-c2ccc(Cl)cc2)cc1. The Balaban J connectivity index is 1.63. The molecule has 0 aromatic heterocycles. The lowest BCUT2D eigenvalue weighted by atomic mass is 9.96. The summed E-state index contributed by atoms with van der Waals surface area (Å²) in [6.07, 6.45) is -0.739. The van der Waals surface area contributed by atoms with Crippen LogP contribution in [0.5, 0.6) is 5.75 Å². The molecule has 3 aromatic rings. The van der Waals surface area contributed by atoms with Crippen molar-refractivity contribution in [2.45, 2.75) is 17.4 Å². The van der Waals surface area contributed by atoms with Gasteiger partial charge in [-0.1, -0.05) is 48.0 Å². The third-order valence-electron chi connectivity index (χ3n) is 4.62. The number of aromatic hydroxyl groups is 1. The van der Waals surface area contributed by atoms with E-state index in [0.717, 1.165) is 16.0 Å². The first-order valence-electron chi connectivity index (χ1n) is 9.11. The molecule has 3 N–H and O–H groups in total. The van der Waals surface area contributed by atoms with Gasteiger partial charge < -0.3 is 15.3 Å². The van der Waals surface area contributed by atoms with Crippen molar-refractivity contribution in [3.8, 4) is 16.9 Å². The molecule has 0 fully saturated rings. The van der Waals surface area contributed by atoms with Crippen molar-refractivity contribution in [2.75, 3.05) is 5.75 Å². The molecule has 4 nitrogen and oxygen atoms in total. The number of benzene rings is 3. The summed E-state index contributed by atoms with van der Waals surface area (Å²) in [7, 11) is 0. The van der Waals surface area contributed by atoms with Crippen LogP contribution in [-0.2, 0) is 4.79 Å². The molecule has 0 bridgehead atoms. The number of halogens is 1. The van der Waals surface area contributed by atoms with Gasteiger partial charge in [0.2, 0.25) is 0 Å². The molecule has 6 heteroatoms. The van der Waals surface area contributed by atoms with Crippen LogP contribution < -0.4 is 0 Å². The average Bonchev–Trinajstić information content (AvgIpc) is 2.72. The molecule has 0 saturated carbocycles. The fraction of sp³-hybridized carbons (Fsp3) is 0.174. The zero-order valence-corrected chi connectivity index (χ0v) is 17.1. The highest BCUT2D eigenvalue weighted by molar-refractivity contribution is 7.99. The van der Waals surface area contributed by atoms with E-state index in [1.807, 2.05) is 48.5 Å². The smallest absolute Gasteiger partial charge is 0.307 e. The summed E-state index contributed by atoms with van der Waals surface area (Å²) in [6, 6.07) is 21.6. The van der Waals surface area contributed by atoms with Crippen LogP contribution in [0.25, 0.3) is 11.1 Å². The second-order valence-corrected chi connectivity index (χ2v) is 8.25. The van der Waals surface area contributed by atoms with Crippen molar-refractivity contribution in [2.24, 2.45) is 5.92 Å². The predicted octanol–water partition coefficient (Wildman–Crippen LogP) is 5.63. The lowest BCUT2D eigenvalue weighted by Gasteiger charge is -2.17. The summed E-state index contributed by atoms with van der Waals surface area (Å²) in [4.78, 5) is 12.5. The van der Waals surface area contributed by atoms with Crippen LogP contribution in [0.4, 0.5) is 0 Å². The number of thioether (sulfide) groups is 1. The average molecular weight is 429 g/mol. The van der Waals surface area contributed by atoms with E-state index in [1.54, 1.807) is 24.3 Å². The molecular weight excluding hydrogens is 408 g/mol. The summed E-state index contributed by atoms with van der Waals surface area (Å²) in [6.45, 7) is 0. The Hall–Kier alpha value is -2.47. The van der Waals surface area contributed by atoms with Crippen LogP contribution in [0.15, 0.2) is 77.7 Å². The normalized spacial score (nSPS) is 13.0. The maximum Gasteiger partial charge on any atom is 0.307 e. The van der Waals surface area contributed by atoms with Gasteiger partial charge in [0.05, 0.1) is 12.0 Å². The van der Waals surface area contributed by atoms with E-state index in [4.69, 9.17) is 11.6 Å². The fourth-order valence-electron chi connectivity index (χ4n) is 2.92. The second-order valence-electron chi connectivity index (χ2n) is 6.72. The lowest BCUT2D eigenvalue weighted by Crippen LogP contribution is -2.19. The minimum absolute atomic E-state index is 0.126. The van der Waals surface area contributed by atoms with Gasteiger partial charge in [-0.2, -0.15) is 0 Å². The quantitative estimate of drug-likeness (QED) is 0.405. The van der Waals surface area contributed by atoms with E-state index in [1.165, 1.54) is 11.8 Å². The van der Waals surface area contributed by atoms with Crippen LogP contribution in [-0.4, -0.2) is 27.0 Å². The Labute approximate surface area is 178 Å². The highest BCUT2D eigenvalue weighted by Gasteiger charge is 2.23. The van der Waals surface area contributed by atoms with Crippen molar-refractivity contribution in [1.82, 2.24) is 0 Å². The number of aliphatic hydroxyl groups excluding tert-OH is 1. The highest BCUT2D eigenvalue weighted by atomic mass is 35.5. The molecule has 0 radical (unpaired) electrons. The zero-order chi connectivity index (χ0) is 20.8. The minimum Gasteiger partial charge on any atom is -0.508 e. The van der Waals surface area contributed by atoms with E-state index in [-0.39, 0.29) is 12.2 Å². The summed E-state index contributed by atoms with van der Waals surface area (Å²) in [5.41, 5.74) is 2.70. The van der Waals surface area contributed by atoms with Gasteiger partial charge in [0.1, 0.15) is 5.75 Å². The van der Waals surface area contributed by atoms with Gasteiger partial charge in [0.25, 0.3) is 0 Å². The van der Waals surface area contributed by atoms with Gasteiger partial charge in [-0.25, -0.2) is 0 Å². The van der Waals surface area contributed by atoms with Crippen molar-refractivity contribution in [1.29, 1.82) is 0 Å². The number of phenolic OH excluding ortho intramolecular Hbond substituents is 1. The monoisotopic (exact) mass is 428 g/mol. The largest absolute Gasteiger partial charge is 0.508 e. The van der Waals surface area contributed by atoms with Crippen molar-refractivity contribution < 1.29 is 20.1 Å². The van der Waals surface area contributed by atoms with Gasteiger partial charge in [-0.3, -0.25) is 4.79 Å². The fourth-order valence-corrected chi connectivity index (χ4v) is 4.05. The van der Waals surface area contributed by atoms with E-state index >= 15 is 0 Å². The van der Waals surface area contributed by atoms with E-state index < -0.39 is 18.0 Å². The number of aliphatic hydroxyl groups is 1. The molecule has 0 aliphatic rings. The molecule has 29 heavy (non-hydrogen) atoms. The molecule has 0 amide bonds. The third-order valence-corrected chi connectivity index (χ3v) is 6.04. The number of carboxylic acid groups (broad SMARTS) is 1. The Morgan fingerprint density at radius 3 is 2.00 bits per heavy atom. The molecule has 0 aliphatic heterocycles. The zero-order valence-electron chi connectivity index (χ0n) is 15.5. The van der Waals surface area contributed by atoms with Crippen LogP contribution in [0.1, 0.15) is 18.1 Å². The summed E-state index contributed by atoms with van der Waals surface area (Å²) in [5.74, 6) is -1.13. The summed E-state index contributed by atoms with van der Waals surface area (Å²) >= 11 is 7.31. The van der Waals surface area contributed by atoms with E-state index in [0.29, 0.717) is 16.3 Å². The molecule has 2 atom stereocenters. The Kier molecular flexibility index (Phi) is 7.20. The molecule has 0 spiro atoms. The van der Waals surface area contributed by atoms with Gasteiger partial charge in [0.15, 0.2) is 0 Å². The minimum atomic E-state index is -0.937. The van der Waals surface area contributed by atoms with Gasteiger partial charge in [-0.05, 0) is 59.5 Å². The topological polar surface area (TPSA) is 77.8 Å². The first-order valence-corrected chi connectivity index (χ1v) is 10.5. The maximum absolute atomic E-state index is 11.6. The number of phenols is 1. The number of rotatable bonds is 8. The van der Waals surface area contributed by atoms with E-state index in [2.05, 4.69) is 0 Å². The van der Waals surface area contributed by atoms with Crippen LogP contribution in [0, 0.1) is 5.92 Å².